The molecule has 106 valence electrons. The minimum absolute atomic E-state index is 0.217. The Labute approximate surface area is 121 Å². The van der Waals surface area contributed by atoms with Gasteiger partial charge < -0.3 is 9.64 Å². The lowest BCUT2D eigenvalue weighted by Crippen LogP contribution is -2.58. The van der Waals surface area contributed by atoms with E-state index in [0.717, 1.165) is 18.8 Å². The summed E-state index contributed by atoms with van der Waals surface area (Å²) >= 11 is 0. The normalized spacial score (nSPS) is 24.6. The van der Waals surface area contributed by atoms with Crippen LogP contribution in [0.4, 0.5) is 0 Å². The number of ether oxygens (including phenoxy) is 1. The maximum Gasteiger partial charge on any atom is 0.227 e. The number of fused-ring (bicyclic) bond motifs is 1. The first kappa shape index (κ1) is 13.4. The topological polar surface area (TPSA) is 28.1 Å². The highest BCUT2D eigenvalue weighted by molar-refractivity contribution is 5.86. The highest BCUT2D eigenvalue weighted by Crippen LogP contribution is 2.32. The lowest BCUT2D eigenvalue weighted by molar-refractivity contribution is -0.0686. The van der Waals surface area contributed by atoms with E-state index in [0.29, 0.717) is 6.61 Å². The second kappa shape index (κ2) is 5.09. The van der Waals surface area contributed by atoms with Gasteiger partial charge in [-0.3, -0.25) is 5.01 Å². The fourth-order valence-corrected chi connectivity index (χ4v) is 2.71. The molecule has 0 unspecified atom stereocenters. The second-order valence-electron chi connectivity index (χ2n) is 5.80. The van der Waals surface area contributed by atoms with Gasteiger partial charge in [0.05, 0.1) is 11.6 Å². The Hall–Kier alpha value is -1.55. The lowest BCUT2D eigenvalue weighted by atomic mass is 9.89. The Morgan fingerprint density at radius 2 is 2.10 bits per heavy atom. The number of benzene rings is 1. The third kappa shape index (κ3) is 2.40. The van der Waals surface area contributed by atoms with Gasteiger partial charge in [-0.25, -0.2) is 0 Å². The van der Waals surface area contributed by atoms with Gasteiger partial charge in [-0.2, -0.15) is 5.10 Å². The van der Waals surface area contributed by atoms with Gasteiger partial charge >= 0.3 is 0 Å². The molecule has 2 heterocycles. The van der Waals surface area contributed by atoms with Crippen molar-refractivity contribution >= 4 is 5.84 Å². The summed E-state index contributed by atoms with van der Waals surface area (Å²) in [6.45, 7) is 11.1. The molecule has 0 saturated carbocycles. The summed E-state index contributed by atoms with van der Waals surface area (Å²) in [6, 6.07) is 10.7. The van der Waals surface area contributed by atoms with Crippen molar-refractivity contribution < 1.29 is 4.74 Å². The zero-order chi connectivity index (χ0) is 14.2. The Balaban J connectivity index is 1.84. The molecular weight excluding hydrogens is 250 g/mol. The van der Waals surface area contributed by atoms with Gasteiger partial charge in [-0.05, 0) is 32.8 Å². The molecule has 2 radical (unpaired) electrons. The van der Waals surface area contributed by atoms with Crippen molar-refractivity contribution in [2.45, 2.75) is 38.8 Å². The van der Waals surface area contributed by atoms with E-state index < -0.39 is 0 Å². The largest absolute Gasteiger partial charge is 0.365 e. The molecule has 3 rings (SSSR count). The van der Waals surface area contributed by atoms with Crippen LogP contribution in [0.5, 0.6) is 0 Å². The lowest BCUT2D eigenvalue weighted by Gasteiger charge is -2.44. The molecule has 0 N–H and O–H groups in total. The first-order valence-electron chi connectivity index (χ1n) is 7.18. The van der Waals surface area contributed by atoms with Gasteiger partial charge in [-0.15, -0.1) is 0 Å². The standard InChI is InChI=1S/C16H21N3O/c1-4-18-12-19-14(10-13-8-6-5-7-9-13)16(2,3)20-11-15(19)17-18/h5-9,14H,4,10-11H2,1-3H3/t14-/m0/s1. The van der Waals surface area contributed by atoms with Gasteiger partial charge in [0, 0.05) is 6.54 Å². The average molecular weight is 271 g/mol. The highest BCUT2D eigenvalue weighted by Gasteiger charge is 2.44. The zero-order valence-corrected chi connectivity index (χ0v) is 12.3. The van der Waals surface area contributed by atoms with Gasteiger partial charge in [0.15, 0.2) is 5.84 Å². The molecule has 0 spiro atoms. The number of rotatable bonds is 3. The van der Waals surface area contributed by atoms with Crippen LogP contribution >= 0.6 is 0 Å². The van der Waals surface area contributed by atoms with Gasteiger partial charge in [-0.1, -0.05) is 30.3 Å². The van der Waals surface area contributed by atoms with E-state index in [4.69, 9.17) is 4.74 Å². The van der Waals surface area contributed by atoms with Crippen LogP contribution in [0.15, 0.2) is 35.4 Å². The predicted octanol–water partition coefficient (Wildman–Crippen LogP) is 2.35. The molecule has 1 aromatic carbocycles. The zero-order valence-electron chi connectivity index (χ0n) is 12.3. The fourth-order valence-electron chi connectivity index (χ4n) is 2.71. The molecule has 1 fully saturated rings. The predicted molar refractivity (Wildman–Crippen MR) is 78.9 cm³/mol. The molecule has 1 aromatic rings. The number of morpholine rings is 1. The summed E-state index contributed by atoms with van der Waals surface area (Å²) in [6.07, 6.45) is 0.928. The van der Waals surface area contributed by atoms with E-state index >= 15 is 0 Å². The number of amidine groups is 1. The van der Waals surface area contributed by atoms with Crippen molar-refractivity contribution in [3.05, 3.63) is 42.6 Å². The summed E-state index contributed by atoms with van der Waals surface area (Å²) in [4.78, 5) is 2.17. The van der Waals surface area contributed by atoms with E-state index in [2.05, 4.69) is 61.7 Å². The monoisotopic (exact) mass is 271 g/mol. The number of hydrogen-bond donors (Lipinski definition) is 0. The molecule has 0 aromatic heterocycles. The van der Waals surface area contributed by atoms with Crippen molar-refractivity contribution in [1.82, 2.24) is 9.91 Å². The minimum Gasteiger partial charge on any atom is -0.365 e. The molecular formula is C16H21N3O. The van der Waals surface area contributed by atoms with Gasteiger partial charge in [0.25, 0.3) is 0 Å². The molecule has 0 aliphatic carbocycles. The Morgan fingerprint density at radius 3 is 2.80 bits per heavy atom. The molecule has 0 bridgehead atoms. The number of nitrogens with zero attached hydrogens (tertiary/aromatic N) is 3. The van der Waals surface area contributed by atoms with Gasteiger partial charge in [0.2, 0.25) is 6.67 Å². The quantitative estimate of drug-likeness (QED) is 0.845. The third-order valence-electron chi connectivity index (χ3n) is 4.00. The number of hydrogen-bond acceptors (Lipinski definition) is 4. The van der Waals surface area contributed by atoms with E-state index in [1.165, 1.54) is 5.56 Å². The molecule has 4 heteroatoms. The molecule has 0 amide bonds. The van der Waals surface area contributed by atoms with Crippen LogP contribution < -0.4 is 0 Å². The fraction of sp³-hybridized carbons (Fsp3) is 0.500. The first-order chi connectivity index (χ1) is 9.60. The molecule has 2 aliphatic heterocycles. The molecule has 2 aliphatic rings. The van der Waals surface area contributed by atoms with E-state index in [9.17, 15) is 0 Å². The SMILES string of the molecule is CCN1[C]N2C(=N1)COC(C)(C)[C@@H]2Cc1ccccc1. The molecule has 4 nitrogen and oxygen atoms in total. The first-order valence-corrected chi connectivity index (χ1v) is 7.18. The Kier molecular flexibility index (Phi) is 3.42. The molecule has 1 saturated heterocycles. The van der Waals surface area contributed by atoms with Crippen LogP contribution in [0.2, 0.25) is 0 Å². The van der Waals surface area contributed by atoms with Crippen LogP contribution in [-0.2, 0) is 11.2 Å². The van der Waals surface area contributed by atoms with E-state index in [1.54, 1.807) is 0 Å². The summed E-state index contributed by atoms with van der Waals surface area (Å²) in [7, 11) is 0. The maximum atomic E-state index is 6.02. The van der Waals surface area contributed by atoms with Crippen molar-refractivity contribution in [2.24, 2.45) is 5.10 Å². The van der Waals surface area contributed by atoms with Crippen LogP contribution in [0.25, 0.3) is 0 Å². The summed E-state index contributed by atoms with van der Waals surface area (Å²) < 4.78 is 6.02. The number of hydrazone groups is 1. The van der Waals surface area contributed by atoms with Crippen molar-refractivity contribution in [3.8, 4) is 0 Å². The van der Waals surface area contributed by atoms with Crippen LogP contribution in [-0.4, -0.2) is 40.5 Å². The van der Waals surface area contributed by atoms with E-state index in [1.807, 2.05) is 11.1 Å². The summed E-state index contributed by atoms with van der Waals surface area (Å²) in [5, 5.41) is 6.38. The minimum atomic E-state index is -0.217. The average Bonchev–Trinajstić information content (AvgIpc) is 2.86. The van der Waals surface area contributed by atoms with Crippen molar-refractivity contribution in [2.75, 3.05) is 13.2 Å². The van der Waals surface area contributed by atoms with Crippen LogP contribution in [0.1, 0.15) is 26.3 Å². The smallest absolute Gasteiger partial charge is 0.227 e. The second-order valence-corrected chi connectivity index (χ2v) is 5.80. The molecule has 20 heavy (non-hydrogen) atoms. The van der Waals surface area contributed by atoms with Gasteiger partial charge in [0.1, 0.15) is 6.61 Å². The van der Waals surface area contributed by atoms with Crippen LogP contribution in [0, 0.1) is 6.67 Å². The third-order valence-corrected chi connectivity index (χ3v) is 4.00. The van der Waals surface area contributed by atoms with Crippen LogP contribution in [0.3, 0.4) is 0 Å². The highest BCUT2D eigenvalue weighted by atomic mass is 16.5. The Morgan fingerprint density at radius 1 is 1.35 bits per heavy atom. The summed E-state index contributed by atoms with van der Waals surface area (Å²) in [5.74, 6) is 0.965. The van der Waals surface area contributed by atoms with Crippen molar-refractivity contribution in [1.29, 1.82) is 0 Å². The van der Waals surface area contributed by atoms with Crippen molar-refractivity contribution in [3.63, 3.8) is 0 Å². The van der Waals surface area contributed by atoms with E-state index in [-0.39, 0.29) is 11.6 Å². The molecule has 1 atom stereocenters. The maximum absolute atomic E-state index is 6.02. The summed E-state index contributed by atoms with van der Waals surface area (Å²) in [5.41, 5.74) is 1.10. The Bertz CT molecular complexity index is 498.